The molecule has 0 atom stereocenters. The molecule has 118 valence electrons. The van der Waals surface area contributed by atoms with Crippen molar-refractivity contribution >= 4 is 0 Å². The van der Waals surface area contributed by atoms with E-state index in [9.17, 15) is 5.11 Å². The van der Waals surface area contributed by atoms with E-state index < -0.39 is 0 Å². The number of phenolic OH excluding ortho intramolecular Hbond substituents is 1. The van der Waals surface area contributed by atoms with Crippen molar-refractivity contribution in [3.05, 3.63) is 29.3 Å². The first kappa shape index (κ1) is 16.4. The Bertz CT molecular complexity index is 480. The molecule has 0 bridgehead atoms. The molecule has 0 aliphatic heterocycles. The molecule has 1 N–H and O–H groups in total. The second kappa shape index (κ2) is 5.66. The number of hydrogen-bond donors (Lipinski definition) is 1. The molecule has 21 heavy (non-hydrogen) atoms. The fourth-order valence-electron chi connectivity index (χ4n) is 3.73. The normalized spacial score (nSPS) is 24.1. The highest BCUT2D eigenvalue weighted by atomic mass is 16.3. The predicted molar refractivity (Wildman–Crippen MR) is 91.0 cm³/mol. The summed E-state index contributed by atoms with van der Waals surface area (Å²) in [5.74, 6) is 1.94. The average Bonchev–Trinajstić information content (AvgIpc) is 2.36. The lowest BCUT2D eigenvalue weighted by Gasteiger charge is -2.37. The molecule has 1 heteroatoms. The monoisotopic (exact) mass is 288 g/mol. The van der Waals surface area contributed by atoms with Crippen molar-refractivity contribution in [1.82, 2.24) is 0 Å². The summed E-state index contributed by atoms with van der Waals surface area (Å²) in [5.41, 5.74) is 2.82. The highest BCUT2D eigenvalue weighted by molar-refractivity contribution is 5.41. The Morgan fingerprint density at radius 3 is 1.90 bits per heavy atom. The molecule has 0 spiro atoms. The maximum absolute atomic E-state index is 10.3. The van der Waals surface area contributed by atoms with E-state index in [1.807, 2.05) is 6.07 Å². The summed E-state index contributed by atoms with van der Waals surface area (Å²) in [5, 5.41) is 10.3. The molecule has 0 heterocycles. The summed E-state index contributed by atoms with van der Waals surface area (Å²) in [7, 11) is 0. The molecular weight excluding hydrogens is 256 g/mol. The van der Waals surface area contributed by atoms with E-state index in [2.05, 4.69) is 53.7 Å². The minimum Gasteiger partial charge on any atom is -0.508 e. The van der Waals surface area contributed by atoms with Gasteiger partial charge >= 0.3 is 0 Å². The molecule has 1 nitrogen and oxygen atoms in total. The number of aromatic hydroxyl groups is 1. The first-order valence-corrected chi connectivity index (χ1v) is 8.42. The van der Waals surface area contributed by atoms with Crippen LogP contribution in [0.15, 0.2) is 18.2 Å². The predicted octanol–water partition coefficient (Wildman–Crippen LogP) is 6.01. The first-order valence-electron chi connectivity index (χ1n) is 8.42. The van der Waals surface area contributed by atoms with Crippen LogP contribution in [-0.4, -0.2) is 5.11 Å². The second-order valence-corrected chi connectivity index (χ2v) is 8.94. The third kappa shape index (κ3) is 3.81. The van der Waals surface area contributed by atoms with E-state index in [0.29, 0.717) is 17.1 Å². The standard InChI is InChI=1S/C20H32O/c1-19(2,3)16-10-7-14(8-11-16)15-9-12-17(18(21)13-15)20(4,5)6/h9,12-14,16,21H,7-8,10-11H2,1-6H3. The fraction of sp³-hybridized carbons (Fsp3) is 0.700. The molecule has 0 saturated heterocycles. The molecule has 1 aliphatic rings. The van der Waals surface area contributed by atoms with Gasteiger partial charge in [0.05, 0.1) is 0 Å². The van der Waals surface area contributed by atoms with Crippen molar-refractivity contribution in [3.63, 3.8) is 0 Å². The van der Waals surface area contributed by atoms with Crippen molar-refractivity contribution in [1.29, 1.82) is 0 Å². The second-order valence-electron chi connectivity index (χ2n) is 8.94. The Kier molecular flexibility index (Phi) is 4.42. The summed E-state index contributed by atoms with van der Waals surface area (Å²) in [4.78, 5) is 0. The van der Waals surface area contributed by atoms with Gasteiger partial charge in [0, 0.05) is 0 Å². The van der Waals surface area contributed by atoms with Gasteiger partial charge in [-0.3, -0.25) is 0 Å². The maximum atomic E-state index is 10.3. The topological polar surface area (TPSA) is 20.2 Å². The van der Waals surface area contributed by atoms with E-state index in [1.54, 1.807) is 0 Å². The highest BCUT2D eigenvalue weighted by Crippen LogP contribution is 2.44. The van der Waals surface area contributed by atoms with Gasteiger partial charge in [0.25, 0.3) is 0 Å². The van der Waals surface area contributed by atoms with E-state index in [0.717, 1.165) is 11.5 Å². The van der Waals surface area contributed by atoms with Gasteiger partial charge < -0.3 is 5.11 Å². The zero-order valence-corrected chi connectivity index (χ0v) is 14.7. The number of rotatable bonds is 1. The molecule has 0 amide bonds. The first-order chi connectivity index (χ1) is 9.59. The van der Waals surface area contributed by atoms with Gasteiger partial charge in [-0.2, -0.15) is 0 Å². The zero-order chi connectivity index (χ0) is 15.8. The van der Waals surface area contributed by atoms with E-state index in [4.69, 9.17) is 0 Å². The summed E-state index contributed by atoms with van der Waals surface area (Å²) >= 11 is 0. The van der Waals surface area contributed by atoms with Gasteiger partial charge in [-0.1, -0.05) is 53.7 Å². The molecule has 0 radical (unpaired) electrons. The van der Waals surface area contributed by atoms with Crippen molar-refractivity contribution < 1.29 is 5.11 Å². The Morgan fingerprint density at radius 2 is 1.48 bits per heavy atom. The summed E-state index contributed by atoms with van der Waals surface area (Å²) in [6.45, 7) is 13.5. The van der Waals surface area contributed by atoms with E-state index >= 15 is 0 Å². The third-order valence-electron chi connectivity index (χ3n) is 5.25. The number of benzene rings is 1. The molecule has 1 aliphatic carbocycles. The van der Waals surface area contributed by atoms with Crippen LogP contribution in [0.3, 0.4) is 0 Å². The van der Waals surface area contributed by atoms with Crippen LogP contribution < -0.4 is 0 Å². The van der Waals surface area contributed by atoms with Crippen molar-refractivity contribution in [2.45, 2.75) is 78.6 Å². The largest absolute Gasteiger partial charge is 0.508 e. The lowest BCUT2D eigenvalue weighted by molar-refractivity contribution is 0.169. The number of hydrogen-bond acceptors (Lipinski definition) is 1. The Balaban J connectivity index is 2.10. The van der Waals surface area contributed by atoms with Gasteiger partial charge in [0.15, 0.2) is 0 Å². The molecule has 1 fully saturated rings. The van der Waals surface area contributed by atoms with Crippen LogP contribution >= 0.6 is 0 Å². The van der Waals surface area contributed by atoms with Gasteiger partial charge in [-0.05, 0) is 65.5 Å². The Labute approximate surface area is 130 Å². The molecule has 2 rings (SSSR count). The SMILES string of the molecule is CC(C)(C)c1ccc(C2CCC(C(C)(C)C)CC2)cc1O. The fourth-order valence-corrected chi connectivity index (χ4v) is 3.73. The van der Waals surface area contributed by atoms with Crippen LogP contribution in [0.2, 0.25) is 0 Å². The van der Waals surface area contributed by atoms with Crippen LogP contribution in [0, 0.1) is 11.3 Å². The van der Waals surface area contributed by atoms with Crippen LogP contribution in [0.5, 0.6) is 5.75 Å². The third-order valence-corrected chi connectivity index (χ3v) is 5.25. The lowest BCUT2D eigenvalue weighted by atomic mass is 9.68. The zero-order valence-electron chi connectivity index (χ0n) is 14.7. The Morgan fingerprint density at radius 1 is 0.905 bits per heavy atom. The van der Waals surface area contributed by atoms with Crippen molar-refractivity contribution in [2.75, 3.05) is 0 Å². The van der Waals surface area contributed by atoms with E-state index in [-0.39, 0.29) is 5.41 Å². The minimum atomic E-state index is 0.00646. The molecule has 0 unspecified atom stereocenters. The smallest absolute Gasteiger partial charge is 0.119 e. The van der Waals surface area contributed by atoms with Crippen LogP contribution in [0.4, 0.5) is 0 Å². The minimum absolute atomic E-state index is 0.00646. The number of phenols is 1. The highest BCUT2D eigenvalue weighted by Gasteiger charge is 2.30. The quantitative estimate of drug-likeness (QED) is 0.671. The van der Waals surface area contributed by atoms with Crippen molar-refractivity contribution in [2.24, 2.45) is 11.3 Å². The summed E-state index contributed by atoms with van der Waals surface area (Å²) in [6.07, 6.45) is 5.15. The van der Waals surface area contributed by atoms with Gasteiger partial charge in [-0.25, -0.2) is 0 Å². The summed E-state index contributed by atoms with van der Waals surface area (Å²) in [6, 6.07) is 6.38. The molecule has 0 aromatic heterocycles. The molecule has 1 saturated carbocycles. The molecule has 1 aromatic carbocycles. The van der Waals surface area contributed by atoms with Gasteiger partial charge in [0.2, 0.25) is 0 Å². The molecular formula is C20H32O. The van der Waals surface area contributed by atoms with Crippen LogP contribution in [0.1, 0.15) is 84.3 Å². The average molecular weight is 288 g/mol. The molecule has 1 aromatic rings. The van der Waals surface area contributed by atoms with Crippen molar-refractivity contribution in [3.8, 4) is 5.75 Å². The maximum Gasteiger partial charge on any atom is 0.119 e. The summed E-state index contributed by atoms with van der Waals surface area (Å²) < 4.78 is 0. The van der Waals surface area contributed by atoms with Crippen LogP contribution in [0.25, 0.3) is 0 Å². The van der Waals surface area contributed by atoms with Gasteiger partial charge in [0.1, 0.15) is 5.75 Å². The lowest BCUT2D eigenvalue weighted by Crippen LogP contribution is -2.25. The van der Waals surface area contributed by atoms with E-state index in [1.165, 1.54) is 31.2 Å². The van der Waals surface area contributed by atoms with Crippen LogP contribution in [-0.2, 0) is 5.41 Å². The van der Waals surface area contributed by atoms with Gasteiger partial charge in [-0.15, -0.1) is 0 Å². The Hall–Kier alpha value is -0.980.